The number of carbonyl (C=O) groups excluding carboxylic acids is 3. The van der Waals surface area contributed by atoms with Gasteiger partial charge in [-0.05, 0) is 42.5 Å². The zero-order chi connectivity index (χ0) is 21.7. The molecule has 0 spiro atoms. The van der Waals surface area contributed by atoms with Crippen molar-refractivity contribution in [3.05, 3.63) is 53.6 Å². The standard InChI is InChI=1S/C22H18N2O6/c1-4-11-30-19-13-17(29-3)8-5-14(19)12-18-20(25)23-22(27)24(21(18)26)15-6-9-16(28-2)10-7-15/h1,5-10,12-13H,11H2,2-3H3,(H,23,25,27)/b18-12+. The van der Waals surface area contributed by atoms with Gasteiger partial charge < -0.3 is 14.2 Å². The van der Waals surface area contributed by atoms with Crippen LogP contribution in [0.2, 0.25) is 0 Å². The number of ether oxygens (including phenoxy) is 3. The number of nitrogens with one attached hydrogen (secondary N) is 1. The van der Waals surface area contributed by atoms with Crippen molar-refractivity contribution in [1.29, 1.82) is 0 Å². The molecule has 1 N–H and O–H groups in total. The maximum Gasteiger partial charge on any atom is 0.335 e. The zero-order valence-corrected chi connectivity index (χ0v) is 16.3. The Morgan fingerprint density at radius 1 is 1.03 bits per heavy atom. The molecule has 8 heteroatoms. The number of rotatable bonds is 6. The van der Waals surface area contributed by atoms with Crippen LogP contribution in [0.5, 0.6) is 17.2 Å². The van der Waals surface area contributed by atoms with Gasteiger partial charge in [0.05, 0.1) is 19.9 Å². The van der Waals surface area contributed by atoms with Crippen LogP contribution in [0.15, 0.2) is 48.0 Å². The largest absolute Gasteiger partial charge is 0.497 e. The van der Waals surface area contributed by atoms with Crippen molar-refractivity contribution < 1.29 is 28.6 Å². The molecule has 0 aromatic heterocycles. The Bertz CT molecular complexity index is 1070. The fourth-order valence-corrected chi connectivity index (χ4v) is 2.78. The van der Waals surface area contributed by atoms with Crippen molar-refractivity contribution in [2.75, 3.05) is 25.7 Å². The molecule has 0 atom stereocenters. The lowest BCUT2D eigenvalue weighted by Crippen LogP contribution is -2.54. The summed E-state index contributed by atoms with van der Waals surface area (Å²) in [6.45, 7) is -0.0139. The van der Waals surface area contributed by atoms with Crippen LogP contribution < -0.4 is 24.4 Å². The quantitative estimate of drug-likeness (QED) is 0.450. The number of hydrogen-bond donors (Lipinski definition) is 1. The molecule has 1 heterocycles. The minimum absolute atomic E-state index is 0.0139. The Kier molecular flexibility index (Phi) is 6.03. The molecule has 0 aliphatic carbocycles. The second kappa shape index (κ2) is 8.84. The third kappa shape index (κ3) is 4.10. The minimum atomic E-state index is -0.842. The molecule has 1 aliphatic heterocycles. The van der Waals surface area contributed by atoms with E-state index in [0.717, 1.165) is 4.90 Å². The van der Waals surface area contributed by atoms with Crippen molar-refractivity contribution in [3.63, 3.8) is 0 Å². The van der Waals surface area contributed by atoms with Crippen molar-refractivity contribution in [1.82, 2.24) is 5.32 Å². The van der Waals surface area contributed by atoms with Crippen LogP contribution in [0.4, 0.5) is 10.5 Å². The van der Waals surface area contributed by atoms with Gasteiger partial charge in [0, 0.05) is 11.6 Å². The summed E-state index contributed by atoms with van der Waals surface area (Å²) in [5.74, 6) is 2.17. The molecule has 3 rings (SSSR count). The van der Waals surface area contributed by atoms with E-state index in [1.165, 1.54) is 20.3 Å². The molecule has 0 radical (unpaired) electrons. The van der Waals surface area contributed by atoms with Crippen molar-refractivity contribution in [2.24, 2.45) is 0 Å². The van der Waals surface area contributed by atoms with E-state index in [0.29, 0.717) is 22.8 Å². The van der Waals surface area contributed by atoms with Crippen LogP contribution in [0.25, 0.3) is 6.08 Å². The van der Waals surface area contributed by atoms with Gasteiger partial charge in [0.1, 0.15) is 29.4 Å². The molecule has 0 unspecified atom stereocenters. The van der Waals surface area contributed by atoms with E-state index in [1.807, 2.05) is 0 Å². The van der Waals surface area contributed by atoms with Gasteiger partial charge in [-0.1, -0.05) is 5.92 Å². The summed E-state index contributed by atoms with van der Waals surface area (Å²) in [7, 11) is 3.00. The first-order valence-electron chi connectivity index (χ1n) is 8.78. The van der Waals surface area contributed by atoms with Gasteiger partial charge in [0.15, 0.2) is 0 Å². The Labute approximate surface area is 173 Å². The number of carbonyl (C=O) groups is 3. The van der Waals surface area contributed by atoms with E-state index in [4.69, 9.17) is 20.6 Å². The fourth-order valence-electron chi connectivity index (χ4n) is 2.78. The maximum atomic E-state index is 13.0. The average Bonchev–Trinajstić information content (AvgIpc) is 2.75. The number of hydrogen-bond acceptors (Lipinski definition) is 6. The third-order valence-corrected chi connectivity index (χ3v) is 4.26. The first kappa shape index (κ1) is 20.5. The van der Waals surface area contributed by atoms with Crippen molar-refractivity contribution >= 4 is 29.6 Å². The predicted molar refractivity (Wildman–Crippen MR) is 109 cm³/mol. The van der Waals surface area contributed by atoms with Crippen LogP contribution in [-0.2, 0) is 9.59 Å². The number of anilines is 1. The number of urea groups is 1. The van der Waals surface area contributed by atoms with E-state index in [9.17, 15) is 14.4 Å². The first-order valence-corrected chi connectivity index (χ1v) is 8.78. The Morgan fingerprint density at radius 3 is 2.33 bits per heavy atom. The highest BCUT2D eigenvalue weighted by Crippen LogP contribution is 2.29. The lowest BCUT2D eigenvalue weighted by molar-refractivity contribution is -0.122. The Hall–Kier alpha value is -4.25. The van der Waals surface area contributed by atoms with Crippen molar-refractivity contribution in [2.45, 2.75) is 0 Å². The minimum Gasteiger partial charge on any atom is -0.497 e. The Balaban J connectivity index is 2.01. The highest BCUT2D eigenvalue weighted by atomic mass is 16.5. The molecular formula is C22H18N2O6. The molecule has 30 heavy (non-hydrogen) atoms. The van der Waals surface area contributed by atoms with Gasteiger partial charge in [-0.25, -0.2) is 9.69 Å². The zero-order valence-electron chi connectivity index (χ0n) is 16.3. The van der Waals surface area contributed by atoms with E-state index in [-0.39, 0.29) is 17.9 Å². The van der Waals surface area contributed by atoms with Gasteiger partial charge in [0.2, 0.25) is 0 Å². The van der Waals surface area contributed by atoms with Gasteiger partial charge in [-0.3, -0.25) is 14.9 Å². The van der Waals surface area contributed by atoms with Gasteiger partial charge in [0.25, 0.3) is 11.8 Å². The SMILES string of the molecule is C#CCOc1cc(OC)ccc1/C=C1\C(=O)NC(=O)N(c2ccc(OC)cc2)C1=O. The predicted octanol–water partition coefficient (Wildman–Crippen LogP) is 2.38. The summed E-state index contributed by atoms with van der Waals surface area (Å²) in [4.78, 5) is 38.6. The first-order chi connectivity index (χ1) is 14.5. The highest BCUT2D eigenvalue weighted by Gasteiger charge is 2.37. The molecule has 0 bridgehead atoms. The second-order valence-corrected chi connectivity index (χ2v) is 6.05. The van der Waals surface area contributed by atoms with Crippen LogP contribution in [0, 0.1) is 12.3 Å². The number of terminal acetylenes is 1. The molecule has 0 saturated carbocycles. The van der Waals surface area contributed by atoms with Gasteiger partial charge in [-0.2, -0.15) is 0 Å². The topological polar surface area (TPSA) is 94.2 Å². The monoisotopic (exact) mass is 406 g/mol. The lowest BCUT2D eigenvalue weighted by Gasteiger charge is -2.26. The molecule has 1 fully saturated rings. The lowest BCUT2D eigenvalue weighted by atomic mass is 10.1. The summed E-state index contributed by atoms with van der Waals surface area (Å²) >= 11 is 0. The van der Waals surface area contributed by atoms with E-state index in [2.05, 4.69) is 11.2 Å². The summed E-state index contributed by atoms with van der Waals surface area (Å²) in [6.07, 6.45) is 6.59. The molecule has 1 aliphatic rings. The molecule has 2 aromatic rings. The molecule has 1 saturated heterocycles. The maximum absolute atomic E-state index is 13.0. The van der Waals surface area contributed by atoms with Crippen LogP contribution >= 0.6 is 0 Å². The summed E-state index contributed by atoms with van der Waals surface area (Å²) in [5.41, 5.74) is 0.477. The van der Waals surface area contributed by atoms with Gasteiger partial charge in [-0.15, -0.1) is 6.42 Å². The van der Waals surface area contributed by atoms with E-state index in [1.54, 1.807) is 42.5 Å². The molecule has 4 amide bonds. The van der Waals surface area contributed by atoms with E-state index < -0.39 is 17.8 Å². The van der Waals surface area contributed by atoms with Crippen LogP contribution in [0.3, 0.4) is 0 Å². The number of barbiturate groups is 1. The van der Waals surface area contributed by atoms with Gasteiger partial charge >= 0.3 is 6.03 Å². The number of imide groups is 2. The fraction of sp³-hybridized carbons (Fsp3) is 0.136. The normalized spacial score (nSPS) is 14.9. The second-order valence-electron chi connectivity index (χ2n) is 6.05. The summed E-state index contributed by atoms with van der Waals surface area (Å²) in [5, 5.41) is 2.17. The number of amides is 4. The third-order valence-electron chi connectivity index (χ3n) is 4.26. The summed E-state index contributed by atoms with van der Waals surface area (Å²) in [6, 6.07) is 10.3. The van der Waals surface area contributed by atoms with Crippen LogP contribution in [-0.4, -0.2) is 38.7 Å². The van der Waals surface area contributed by atoms with Crippen LogP contribution in [0.1, 0.15) is 5.56 Å². The molecular weight excluding hydrogens is 388 g/mol. The average molecular weight is 406 g/mol. The molecule has 152 valence electrons. The Morgan fingerprint density at radius 2 is 1.70 bits per heavy atom. The highest BCUT2D eigenvalue weighted by molar-refractivity contribution is 6.39. The smallest absolute Gasteiger partial charge is 0.335 e. The van der Waals surface area contributed by atoms with E-state index >= 15 is 0 Å². The summed E-state index contributed by atoms with van der Waals surface area (Å²) < 4.78 is 15.8. The number of nitrogens with zero attached hydrogens (tertiary/aromatic N) is 1. The van der Waals surface area contributed by atoms with Crippen molar-refractivity contribution in [3.8, 4) is 29.6 Å². The molecule has 8 nitrogen and oxygen atoms in total. The number of methoxy groups -OCH3 is 2. The molecule has 2 aromatic carbocycles. The number of benzene rings is 2.